The SMILES string of the molecule is CNC(Cc1ccc(Cl)cc1F)c1ccc(Cl)c(Br)c1. The lowest BCUT2D eigenvalue weighted by Crippen LogP contribution is -2.19. The molecule has 1 N–H and O–H groups in total. The lowest BCUT2D eigenvalue weighted by Gasteiger charge is -2.18. The largest absolute Gasteiger partial charge is 0.313 e. The van der Waals surface area contributed by atoms with E-state index in [1.807, 2.05) is 25.2 Å². The van der Waals surface area contributed by atoms with Crippen LogP contribution in [0, 0.1) is 5.82 Å². The van der Waals surface area contributed by atoms with Gasteiger partial charge in [0.2, 0.25) is 0 Å². The summed E-state index contributed by atoms with van der Waals surface area (Å²) in [6.45, 7) is 0. The number of nitrogens with one attached hydrogen (secondary N) is 1. The zero-order valence-electron chi connectivity index (χ0n) is 10.8. The fourth-order valence-electron chi connectivity index (χ4n) is 2.02. The van der Waals surface area contributed by atoms with Gasteiger partial charge in [-0.15, -0.1) is 0 Å². The molecule has 5 heteroatoms. The normalized spacial score (nSPS) is 12.4. The molecule has 0 heterocycles. The summed E-state index contributed by atoms with van der Waals surface area (Å²) in [5.41, 5.74) is 1.66. The lowest BCUT2D eigenvalue weighted by atomic mass is 9.99. The molecule has 20 heavy (non-hydrogen) atoms. The first-order valence-corrected chi connectivity index (χ1v) is 7.62. The second-order valence-electron chi connectivity index (χ2n) is 4.45. The van der Waals surface area contributed by atoms with Gasteiger partial charge in [0.05, 0.1) is 5.02 Å². The Bertz CT molecular complexity index is 619. The summed E-state index contributed by atoms with van der Waals surface area (Å²) >= 11 is 15.2. The minimum Gasteiger partial charge on any atom is -0.313 e. The Balaban J connectivity index is 2.26. The van der Waals surface area contributed by atoms with Gasteiger partial charge in [-0.1, -0.05) is 35.3 Å². The molecular weight excluding hydrogens is 364 g/mol. The van der Waals surface area contributed by atoms with Gasteiger partial charge in [0.1, 0.15) is 5.82 Å². The molecule has 2 rings (SSSR count). The molecular formula is C15H13BrCl2FN. The smallest absolute Gasteiger partial charge is 0.127 e. The molecule has 1 unspecified atom stereocenters. The third-order valence-corrected chi connectivity index (χ3v) is 4.58. The van der Waals surface area contributed by atoms with E-state index < -0.39 is 0 Å². The second kappa shape index (κ2) is 6.90. The zero-order chi connectivity index (χ0) is 14.7. The number of halogens is 4. The summed E-state index contributed by atoms with van der Waals surface area (Å²) in [6.07, 6.45) is 0.535. The topological polar surface area (TPSA) is 12.0 Å². The summed E-state index contributed by atoms with van der Waals surface area (Å²) in [5.74, 6) is -0.286. The monoisotopic (exact) mass is 375 g/mol. The van der Waals surface area contributed by atoms with E-state index in [0.717, 1.165) is 10.0 Å². The zero-order valence-corrected chi connectivity index (χ0v) is 13.9. The molecule has 106 valence electrons. The van der Waals surface area contributed by atoms with Gasteiger partial charge in [-0.2, -0.15) is 0 Å². The summed E-state index contributed by atoms with van der Waals surface area (Å²) in [5, 5.41) is 4.25. The Kier molecular flexibility index (Phi) is 5.44. The van der Waals surface area contributed by atoms with Crippen molar-refractivity contribution in [2.24, 2.45) is 0 Å². The van der Waals surface area contributed by atoms with E-state index in [1.54, 1.807) is 12.1 Å². The molecule has 0 aliphatic heterocycles. The molecule has 1 atom stereocenters. The molecule has 2 aromatic rings. The lowest BCUT2D eigenvalue weighted by molar-refractivity contribution is 0.554. The number of hydrogen-bond donors (Lipinski definition) is 1. The molecule has 0 amide bonds. The van der Waals surface area contributed by atoms with Crippen molar-refractivity contribution in [1.29, 1.82) is 0 Å². The van der Waals surface area contributed by atoms with Crippen LogP contribution >= 0.6 is 39.1 Å². The predicted molar refractivity (Wildman–Crippen MR) is 86.1 cm³/mol. The maximum absolute atomic E-state index is 13.9. The fraction of sp³-hybridized carbons (Fsp3) is 0.200. The highest BCUT2D eigenvalue weighted by Crippen LogP contribution is 2.28. The Hall–Kier alpha value is -0.610. The van der Waals surface area contributed by atoms with Crippen molar-refractivity contribution in [3.8, 4) is 0 Å². The predicted octanol–water partition coefficient (Wildman–Crippen LogP) is 5.40. The molecule has 0 saturated carbocycles. The summed E-state index contributed by atoms with van der Waals surface area (Å²) in [4.78, 5) is 0. The second-order valence-corrected chi connectivity index (χ2v) is 6.15. The average molecular weight is 377 g/mol. The van der Waals surface area contributed by atoms with Crippen LogP contribution in [0.15, 0.2) is 40.9 Å². The third kappa shape index (κ3) is 3.73. The van der Waals surface area contributed by atoms with Crippen LogP contribution < -0.4 is 5.32 Å². The van der Waals surface area contributed by atoms with E-state index in [1.165, 1.54) is 6.07 Å². The minimum atomic E-state index is -0.286. The van der Waals surface area contributed by atoms with E-state index in [4.69, 9.17) is 23.2 Å². The molecule has 0 aliphatic rings. The minimum absolute atomic E-state index is 0.000702. The number of benzene rings is 2. The van der Waals surface area contributed by atoms with Crippen molar-refractivity contribution >= 4 is 39.1 Å². The molecule has 0 bridgehead atoms. The van der Waals surface area contributed by atoms with E-state index in [0.29, 0.717) is 22.0 Å². The average Bonchev–Trinajstić information content (AvgIpc) is 2.41. The maximum Gasteiger partial charge on any atom is 0.127 e. The van der Waals surface area contributed by atoms with Crippen LogP contribution in [0.5, 0.6) is 0 Å². The number of rotatable bonds is 4. The summed E-state index contributed by atoms with van der Waals surface area (Å²) < 4.78 is 14.7. The van der Waals surface area contributed by atoms with Gasteiger partial charge in [-0.3, -0.25) is 0 Å². The Morgan fingerprint density at radius 1 is 1.20 bits per heavy atom. The standard InChI is InChI=1S/C15H13BrCl2FN/c1-20-15(10-3-5-13(18)12(16)6-10)7-9-2-4-11(17)8-14(9)19/h2-6,8,15,20H,7H2,1H3. The van der Waals surface area contributed by atoms with Crippen molar-refractivity contribution in [3.05, 3.63) is 67.9 Å². The molecule has 1 nitrogen and oxygen atoms in total. The van der Waals surface area contributed by atoms with Crippen molar-refractivity contribution in [2.45, 2.75) is 12.5 Å². The van der Waals surface area contributed by atoms with Crippen molar-refractivity contribution in [1.82, 2.24) is 5.32 Å². The van der Waals surface area contributed by atoms with Crippen LogP contribution in [0.4, 0.5) is 4.39 Å². The molecule has 0 fully saturated rings. The van der Waals surface area contributed by atoms with E-state index >= 15 is 0 Å². The molecule has 0 aliphatic carbocycles. The van der Waals surface area contributed by atoms with Gasteiger partial charge in [0.15, 0.2) is 0 Å². The van der Waals surface area contributed by atoms with Gasteiger partial charge in [-0.25, -0.2) is 4.39 Å². The molecule has 0 aromatic heterocycles. The highest BCUT2D eigenvalue weighted by atomic mass is 79.9. The highest BCUT2D eigenvalue weighted by Gasteiger charge is 2.14. The third-order valence-electron chi connectivity index (χ3n) is 3.13. The Morgan fingerprint density at radius 2 is 1.95 bits per heavy atom. The molecule has 0 radical (unpaired) electrons. The fourth-order valence-corrected chi connectivity index (χ4v) is 2.70. The van der Waals surface area contributed by atoms with Crippen LogP contribution in [0.3, 0.4) is 0 Å². The highest BCUT2D eigenvalue weighted by molar-refractivity contribution is 9.10. The van der Waals surface area contributed by atoms with Crippen molar-refractivity contribution < 1.29 is 4.39 Å². The van der Waals surface area contributed by atoms with E-state index in [2.05, 4.69) is 21.2 Å². The van der Waals surface area contributed by atoms with E-state index in [-0.39, 0.29) is 11.9 Å². The first kappa shape index (κ1) is 15.8. The van der Waals surface area contributed by atoms with Gasteiger partial charge in [0, 0.05) is 15.5 Å². The first-order valence-electron chi connectivity index (χ1n) is 6.07. The Labute approximate surface area is 136 Å². The van der Waals surface area contributed by atoms with Crippen LogP contribution in [-0.2, 0) is 6.42 Å². The van der Waals surface area contributed by atoms with Gasteiger partial charge < -0.3 is 5.32 Å². The molecule has 0 spiro atoms. The van der Waals surface area contributed by atoms with Crippen LogP contribution in [0.1, 0.15) is 17.2 Å². The van der Waals surface area contributed by atoms with Gasteiger partial charge in [-0.05, 0) is 64.8 Å². The summed E-state index contributed by atoms with van der Waals surface area (Å²) in [6, 6.07) is 10.4. The summed E-state index contributed by atoms with van der Waals surface area (Å²) in [7, 11) is 1.85. The number of hydrogen-bond acceptors (Lipinski definition) is 1. The van der Waals surface area contributed by atoms with Crippen molar-refractivity contribution in [2.75, 3.05) is 7.05 Å². The molecule has 0 saturated heterocycles. The van der Waals surface area contributed by atoms with Crippen LogP contribution in [0.2, 0.25) is 10.0 Å². The van der Waals surface area contributed by atoms with Crippen LogP contribution in [0.25, 0.3) is 0 Å². The van der Waals surface area contributed by atoms with E-state index in [9.17, 15) is 4.39 Å². The Morgan fingerprint density at radius 3 is 2.55 bits per heavy atom. The quantitative estimate of drug-likeness (QED) is 0.753. The van der Waals surface area contributed by atoms with Gasteiger partial charge in [0.25, 0.3) is 0 Å². The molecule has 2 aromatic carbocycles. The number of likely N-dealkylation sites (N-methyl/N-ethyl adjacent to an activating group) is 1. The van der Waals surface area contributed by atoms with Gasteiger partial charge >= 0.3 is 0 Å². The van der Waals surface area contributed by atoms with Crippen molar-refractivity contribution in [3.63, 3.8) is 0 Å². The first-order chi connectivity index (χ1) is 9.51. The van der Waals surface area contributed by atoms with Crippen LogP contribution in [-0.4, -0.2) is 7.05 Å². The maximum atomic E-state index is 13.9.